The lowest BCUT2D eigenvalue weighted by molar-refractivity contribution is 0.0891. The zero-order valence-electron chi connectivity index (χ0n) is 21.3. The Kier molecular flexibility index (Phi) is 7.42. The van der Waals surface area contributed by atoms with Crippen LogP contribution in [-0.4, -0.2) is 26.5 Å². The van der Waals surface area contributed by atoms with Crippen LogP contribution >= 0.6 is 11.8 Å². The second-order valence-electron chi connectivity index (χ2n) is 10.2. The van der Waals surface area contributed by atoms with Crippen molar-refractivity contribution in [2.45, 2.75) is 63.5 Å². The van der Waals surface area contributed by atoms with Gasteiger partial charge in [-0.05, 0) is 54.5 Å². The number of imidazole rings is 1. The number of nitrogens with zero attached hydrogens (tertiary/aromatic N) is 3. The molecule has 0 bridgehead atoms. The highest BCUT2D eigenvalue weighted by atomic mass is 32.2. The Hall–Kier alpha value is -3.12. The topological polar surface area (TPSA) is 59.8 Å². The third-order valence-corrected chi connectivity index (χ3v) is 8.59. The van der Waals surface area contributed by atoms with Crippen LogP contribution in [0.2, 0.25) is 0 Å². The Labute approximate surface area is 217 Å². The van der Waals surface area contributed by atoms with E-state index >= 15 is 0 Å². The second-order valence-corrected chi connectivity index (χ2v) is 11.1. The van der Waals surface area contributed by atoms with Gasteiger partial charge in [0.25, 0.3) is 5.91 Å². The van der Waals surface area contributed by atoms with Crippen LogP contribution in [0.3, 0.4) is 0 Å². The summed E-state index contributed by atoms with van der Waals surface area (Å²) in [5.74, 6) is 2.05. The summed E-state index contributed by atoms with van der Waals surface area (Å²) in [6.07, 6.45) is 7.18. The third kappa shape index (κ3) is 5.49. The molecule has 1 aliphatic carbocycles. The summed E-state index contributed by atoms with van der Waals surface area (Å²) in [5, 5.41) is 4.26. The van der Waals surface area contributed by atoms with E-state index in [1.807, 2.05) is 24.4 Å². The number of rotatable bonds is 7. The number of aryl methyl sites for hydroxylation is 1. The van der Waals surface area contributed by atoms with Crippen LogP contribution in [0.5, 0.6) is 0 Å². The molecule has 2 aromatic heterocycles. The Morgan fingerprint density at radius 2 is 1.92 bits per heavy atom. The smallest absolute Gasteiger partial charge is 0.251 e. The van der Waals surface area contributed by atoms with E-state index in [0.29, 0.717) is 18.4 Å². The molecule has 4 aromatic rings. The molecular formula is C30H34N4OS. The number of carbonyl (C=O) groups is 1. The first-order chi connectivity index (χ1) is 17.5. The van der Waals surface area contributed by atoms with Gasteiger partial charge in [0, 0.05) is 23.6 Å². The van der Waals surface area contributed by atoms with Gasteiger partial charge in [0.1, 0.15) is 0 Å². The predicted molar refractivity (Wildman–Crippen MR) is 147 cm³/mol. The van der Waals surface area contributed by atoms with E-state index in [2.05, 4.69) is 72.0 Å². The van der Waals surface area contributed by atoms with Crippen molar-refractivity contribution in [2.75, 3.05) is 0 Å². The maximum absolute atomic E-state index is 12.9. The molecule has 36 heavy (non-hydrogen) atoms. The number of hydrogen-bond donors (Lipinski definition) is 1. The molecule has 1 N–H and O–H groups in total. The Balaban J connectivity index is 1.31. The Morgan fingerprint density at radius 3 is 2.72 bits per heavy atom. The van der Waals surface area contributed by atoms with Crippen molar-refractivity contribution in [2.24, 2.45) is 11.8 Å². The second kappa shape index (κ2) is 10.9. The lowest BCUT2D eigenvalue weighted by atomic mass is 9.78. The highest BCUT2D eigenvalue weighted by Gasteiger charge is 2.28. The van der Waals surface area contributed by atoms with Gasteiger partial charge in [-0.1, -0.05) is 80.4 Å². The number of amides is 1. The fraction of sp³-hybridized carbons (Fsp3) is 0.367. The summed E-state index contributed by atoms with van der Waals surface area (Å²) in [6, 6.07) is 18.8. The van der Waals surface area contributed by atoms with Crippen molar-refractivity contribution in [1.82, 2.24) is 19.9 Å². The van der Waals surface area contributed by atoms with Crippen molar-refractivity contribution in [1.29, 1.82) is 0 Å². The maximum atomic E-state index is 12.9. The highest BCUT2D eigenvalue weighted by molar-refractivity contribution is 7.98. The molecule has 0 unspecified atom stereocenters. The molecule has 2 heterocycles. The van der Waals surface area contributed by atoms with E-state index in [9.17, 15) is 4.79 Å². The van der Waals surface area contributed by atoms with E-state index in [0.717, 1.165) is 39.5 Å². The van der Waals surface area contributed by atoms with Gasteiger partial charge in [-0.2, -0.15) is 0 Å². The quantitative estimate of drug-likeness (QED) is 0.290. The summed E-state index contributed by atoms with van der Waals surface area (Å²) in [4.78, 5) is 22.2. The van der Waals surface area contributed by atoms with Crippen LogP contribution in [0.25, 0.3) is 11.0 Å². The van der Waals surface area contributed by atoms with Gasteiger partial charge in [0.2, 0.25) is 0 Å². The van der Waals surface area contributed by atoms with Gasteiger partial charge in [-0.3, -0.25) is 9.78 Å². The van der Waals surface area contributed by atoms with E-state index in [4.69, 9.17) is 4.98 Å². The molecule has 1 saturated carbocycles. The van der Waals surface area contributed by atoms with Gasteiger partial charge in [0.15, 0.2) is 5.16 Å². The Bertz CT molecular complexity index is 1350. The molecule has 1 amide bonds. The first-order valence-electron chi connectivity index (χ1n) is 12.9. The molecule has 5 rings (SSSR count). The zero-order chi connectivity index (χ0) is 25.1. The average Bonchev–Trinajstić information content (AvgIpc) is 3.23. The van der Waals surface area contributed by atoms with Gasteiger partial charge in [-0.15, -0.1) is 0 Å². The maximum Gasteiger partial charge on any atom is 0.251 e. The van der Waals surface area contributed by atoms with E-state index in [1.165, 1.54) is 24.0 Å². The summed E-state index contributed by atoms with van der Waals surface area (Å²) in [7, 11) is 0. The molecule has 1 fully saturated rings. The predicted octanol–water partition coefficient (Wildman–Crippen LogP) is 6.63. The van der Waals surface area contributed by atoms with Crippen molar-refractivity contribution in [3.8, 4) is 0 Å². The minimum Gasteiger partial charge on any atom is -0.349 e. The van der Waals surface area contributed by atoms with Crippen LogP contribution in [0.15, 0.2) is 72.1 Å². The normalized spacial score (nSPS) is 19.9. The molecule has 0 saturated heterocycles. The van der Waals surface area contributed by atoms with E-state index in [-0.39, 0.29) is 11.9 Å². The van der Waals surface area contributed by atoms with Gasteiger partial charge >= 0.3 is 0 Å². The lowest BCUT2D eigenvalue weighted by Crippen LogP contribution is -2.43. The summed E-state index contributed by atoms with van der Waals surface area (Å²) < 4.78 is 2.23. The van der Waals surface area contributed by atoms with Crippen LogP contribution in [0.4, 0.5) is 0 Å². The molecule has 0 aliphatic heterocycles. The van der Waals surface area contributed by atoms with E-state index < -0.39 is 0 Å². The standard InChI is InChI=1S/C30H34N4OS/c1-20-6-4-8-24(16-20)19-36-30-33-27-14-15-31-17-28(27)34(30)18-23-10-12-25(13-11-23)29(35)32-26-9-5-7-21(2)22(26)3/h4,6,8,10-17,21-22,26H,5,7,9,18-19H2,1-3H3,(H,32,35)/t21-,22-,26-/m1/s1. The minimum absolute atomic E-state index is 0.0270. The van der Waals surface area contributed by atoms with Crippen molar-refractivity contribution >= 4 is 28.7 Å². The number of benzene rings is 2. The number of pyridine rings is 1. The van der Waals surface area contributed by atoms with Gasteiger partial charge in [0.05, 0.1) is 23.8 Å². The Morgan fingerprint density at radius 1 is 1.08 bits per heavy atom. The van der Waals surface area contributed by atoms with Crippen LogP contribution in [-0.2, 0) is 12.3 Å². The lowest BCUT2D eigenvalue weighted by Gasteiger charge is -2.34. The number of nitrogens with one attached hydrogen (secondary N) is 1. The number of hydrogen-bond acceptors (Lipinski definition) is 4. The highest BCUT2D eigenvalue weighted by Crippen LogP contribution is 2.30. The number of thioether (sulfide) groups is 1. The molecule has 2 aromatic carbocycles. The third-order valence-electron chi connectivity index (χ3n) is 7.55. The fourth-order valence-corrected chi connectivity index (χ4v) is 6.10. The molecule has 3 atom stereocenters. The first-order valence-corrected chi connectivity index (χ1v) is 13.8. The van der Waals surface area contributed by atoms with Crippen molar-refractivity contribution in [3.05, 3.63) is 89.2 Å². The van der Waals surface area contributed by atoms with E-state index in [1.54, 1.807) is 18.0 Å². The minimum atomic E-state index is 0.0270. The van der Waals surface area contributed by atoms with Gasteiger partial charge in [-0.25, -0.2) is 4.98 Å². The molecule has 1 aliphatic rings. The molecule has 6 heteroatoms. The first kappa shape index (κ1) is 24.6. The number of fused-ring (bicyclic) bond motifs is 1. The molecule has 186 valence electrons. The van der Waals surface area contributed by atoms with Gasteiger partial charge < -0.3 is 9.88 Å². The summed E-state index contributed by atoms with van der Waals surface area (Å²) in [5.41, 5.74) is 6.37. The van der Waals surface area contributed by atoms with Crippen LogP contribution in [0.1, 0.15) is 60.2 Å². The molecular weight excluding hydrogens is 464 g/mol. The zero-order valence-corrected chi connectivity index (χ0v) is 22.1. The average molecular weight is 499 g/mol. The molecule has 0 radical (unpaired) electrons. The fourth-order valence-electron chi connectivity index (χ4n) is 5.14. The molecule has 5 nitrogen and oxygen atoms in total. The SMILES string of the molecule is Cc1cccc(CSc2nc3ccncc3n2Cc2ccc(C(=O)N[C@@H]3CCC[C@@H](C)[C@H]3C)cc2)c1. The number of aromatic nitrogens is 3. The van der Waals surface area contributed by atoms with Crippen LogP contribution < -0.4 is 5.32 Å². The van der Waals surface area contributed by atoms with Crippen molar-refractivity contribution < 1.29 is 4.79 Å². The monoisotopic (exact) mass is 498 g/mol. The van der Waals surface area contributed by atoms with Crippen LogP contribution in [0, 0.1) is 18.8 Å². The van der Waals surface area contributed by atoms with Crippen molar-refractivity contribution in [3.63, 3.8) is 0 Å². The molecule has 0 spiro atoms. The largest absolute Gasteiger partial charge is 0.349 e. The summed E-state index contributed by atoms with van der Waals surface area (Å²) >= 11 is 1.74. The summed E-state index contributed by atoms with van der Waals surface area (Å²) in [6.45, 7) is 7.35. The number of carbonyl (C=O) groups excluding carboxylic acids is 1.